The van der Waals surface area contributed by atoms with Gasteiger partial charge in [0.05, 0.1) is 6.61 Å². The van der Waals surface area contributed by atoms with Crippen LogP contribution in [-0.4, -0.2) is 36.7 Å². The van der Waals surface area contributed by atoms with Crippen molar-refractivity contribution in [3.05, 3.63) is 29.8 Å². The molecular formula is C19H30IN3OS. The summed E-state index contributed by atoms with van der Waals surface area (Å²) in [7, 11) is 1.83. The number of nitrogens with zero attached hydrogens (tertiary/aromatic N) is 1. The maximum atomic E-state index is 5.98. The number of para-hydroxylation sites is 1. The minimum Gasteiger partial charge on any atom is -0.493 e. The molecule has 6 heteroatoms. The molecule has 2 N–H and O–H groups in total. The molecule has 1 aliphatic heterocycles. The van der Waals surface area contributed by atoms with Gasteiger partial charge >= 0.3 is 0 Å². The molecule has 4 nitrogen and oxygen atoms in total. The second-order valence-electron chi connectivity index (χ2n) is 7.04. The maximum absolute atomic E-state index is 5.98. The van der Waals surface area contributed by atoms with Crippen molar-refractivity contribution in [3.8, 4) is 5.75 Å². The Hall–Kier alpha value is -0.630. The van der Waals surface area contributed by atoms with Gasteiger partial charge in [0.2, 0.25) is 0 Å². The largest absolute Gasteiger partial charge is 0.493 e. The van der Waals surface area contributed by atoms with Gasteiger partial charge in [0.1, 0.15) is 5.75 Å². The topological polar surface area (TPSA) is 45.7 Å². The summed E-state index contributed by atoms with van der Waals surface area (Å²) >= 11 is 2.06. The Bertz CT molecular complexity index is 572. The Labute approximate surface area is 173 Å². The van der Waals surface area contributed by atoms with Crippen LogP contribution in [0.3, 0.4) is 0 Å². The highest BCUT2D eigenvalue weighted by atomic mass is 127. The fourth-order valence-electron chi connectivity index (χ4n) is 2.93. The lowest BCUT2D eigenvalue weighted by Crippen LogP contribution is -2.43. The van der Waals surface area contributed by atoms with Gasteiger partial charge in [-0.3, -0.25) is 4.99 Å². The van der Waals surface area contributed by atoms with Crippen molar-refractivity contribution in [2.24, 2.45) is 10.9 Å². The van der Waals surface area contributed by atoms with Gasteiger partial charge < -0.3 is 15.4 Å². The van der Waals surface area contributed by atoms with E-state index in [2.05, 4.69) is 52.5 Å². The van der Waals surface area contributed by atoms with Gasteiger partial charge in [-0.1, -0.05) is 18.2 Å². The van der Waals surface area contributed by atoms with Crippen LogP contribution in [-0.2, 0) is 6.54 Å². The quantitative estimate of drug-likeness (QED) is 0.355. The van der Waals surface area contributed by atoms with Crippen molar-refractivity contribution >= 4 is 41.7 Å². The highest BCUT2D eigenvalue weighted by Gasteiger charge is 2.29. The summed E-state index contributed by atoms with van der Waals surface area (Å²) in [6.07, 6.45) is 5.22. The first-order chi connectivity index (χ1) is 11.7. The van der Waals surface area contributed by atoms with E-state index in [1.54, 1.807) is 0 Å². The summed E-state index contributed by atoms with van der Waals surface area (Å²) < 4.78 is 6.32. The number of hydrogen-bond acceptors (Lipinski definition) is 3. The molecule has 1 heterocycles. The monoisotopic (exact) mass is 475 g/mol. The van der Waals surface area contributed by atoms with Crippen LogP contribution >= 0.6 is 35.7 Å². The number of halogens is 1. The standard InChI is InChI=1S/C19H29N3OS.HI/c1-19(10-5-11-24-19)14-22-18(20-2)21-12-16-6-3-4-7-17(16)23-13-15-8-9-15;/h3-4,6-7,15H,5,8-14H2,1-2H3,(H2,20,21,22);1H. The third-order valence-corrected chi connectivity index (χ3v) is 6.28. The summed E-state index contributed by atoms with van der Waals surface area (Å²) in [6, 6.07) is 8.28. The minimum atomic E-state index is 0. The first kappa shape index (κ1) is 20.7. The van der Waals surface area contributed by atoms with E-state index in [4.69, 9.17) is 4.74 Å². The Morgan fingerprint density at radius 1 is 1.32 bits per heavy atom. The summed E-state index contributed by atoms with van der Waals surface area (Å²) in [6.45, 7) is 4.87. The van der Waals surface area contributed by atoms with Crippen molar-refractivity contribution in [1.29, 1.82) is 0 Å². The zero-order valence-corrected chi connectivity index (χ0v) is 18.4. The fourth-order valence-corrected chi connectivity index (χ4v) is 4.17. The van der Waals surface area contributed by atoms with Crippen LogP contribution in [0.4, 0.5) is 0 Å². The maximum Gasteiger partial charge on any atom is 0.191 e. The molecule has 140 valence electrons. The summed E-state index contributed by atoms with van der Waals surface area (Å²) in [5, 5.41) is 6.90. The molecule has 3 rings (SSSR count). The third-order valence-electron chi connectivity index (χ3n) is 4.74. The molecular weight excluding hydrogens is 445 g/mol. The van der Waals surface area contributed by atoms with Crippen molar-refractivity contribution < 1.29 is 4.74 Å². The molecule has 1 aromatic carbocycles. The number of benzene rings is 1. The lowest BCUT2D eigenvalue weighted by Gasteiger charge is -2.24. The molecule has 1 saturated carbocycles. The van der Waals surface area contributed by atoms with E-state index in [1.807, 2.05) is 13.1 Å². The predicted molar refractivity (Wildman–Crippen MR) is 118 cm³/mol. The lowest BCUT2D eigenvalue weighted by molar-refractivity contribution is 0.296. The van der Waals surface area contributed by atoms with Crippen molar-refractivity contribution in [3.63, 3.8) is 0 Å². The number of rotatable bonds is 7. The molecule has 0 amide bonds. The van der Waals surface area contributed by atoms with E-state index in [0.29, 0.717) is 4.75 Å². The average molecular weight is 475 g/mol. The fraction of sp³-hybridized carbons (Fsp3) is 0.632. The average Bonchev–Trinajstić information content (AvgIpc) is 3.34. The molecule has 0 aromatic heterocycles. The van der Waals surface area contributed by atoms with Crippen LogP contribution in [0.25, 0.3) is 0 Å². The number of thioether (sulfide) groups is 1. The highest BCUT2D eigenvalue weighted by molar-refractivity contribution is 14.0. The van der Waals surface area contributed by atoms with Crippen LogP contribution in [0.5, 0.6) is 5.75 Å². The molecule has 25 heavy (non-hydrogen) atoms. The molecule has 1 aliphatic carbocycles. The van der Waals surface area contributed by atoms with Crippen molar-refractivity contribution in [2.75, 3.05) is 26.0 Å². The van der Waals surface area contributed by atoms with E-state index in [-0.39, 0.29) is 24.0 Å². The molecule has 2 aliphatic rings. The molecule has 0 radical (unpaired) electrons. The normalized spacial score (nSPS) is 23.0. The molecule has 1 saturated heterocycles. The predicted octanol–water partition coefficient (Wildman–Crippen LogP) is 4.04. The van der Waals surface area contributed by atoms with Crippen LogP contribution < -0.4 is 15.4 Å². The van der Waals surface area contributed by atoms with Crippen LogP contribution in [0.1, 0.15) is 38.2 Å². The molecule has 0 bridgehead atoms. The number of aliphatic imine (C=N–C) groups is 1. The second kappa shape index (κ2) is 9.90. The van der Waals surface area contributed by atoms with Crippen LogP contribution in [0.2, 0.25) is 0 Å². The summed E-state index contributed by atoms with van der Waals surface area (Å²) in [5.74, 6) is 3.90. The highest BCUT2D eigenvalue weighted by Crippen LogP contribution is 2.36. The lowest BCUT2D eigenvalue weighted by atomic mass is 10.1. The van der Waals surface area contributed by atoms with E-state index in [0.717, 1.165) is 37.3 Å². The zero-order chi connectivity index (χ0) is 16.8. The zero-order valence-electron chi connectivity index (χ0n) is 15.2. The Morgan fingerprint density at radius 3 is 2.80 bits per heavy atom. The van der Waals surface area contributed by atoms with E-state index in [9.17, 15) is 0 Å². The van der Waals surface area contributed by atoms with Gasteiger partial charge in [0, 0.05) is 30.4 Å². The minimum absolute atomic E-state index is 0. The van der Waals surface area contributed by atoms with Crippen LogP contribution in [0.15, 0.2) is 29.3 Å². The van der Waals surface area contributed by atoms with Gasteiger partial charge in [-0.25, -0.2) is 0 Å². The second-order valence-corrected chi connectivity index (χ2v) is 8.73. The molecule has 2 fully saturated rings. The number of nitrogens with one attached hydrogen (secondary N) is 2. The summed E-state index contributed by atoms with van der Waals surface area (Å²) in [5.41, 5.74) is 1.18. The van der Waals surface area contributed by atoms with Crippen molar-refractivity contribution in [2.45, 2.75) is 43.9 Å². The summed E-state index contributed by atoms with van der Waals surface area (Å²) in [4.78, 5) is 4.35. The first-order valence-electron chi connectivity index (χ1n) is 8.98. The van der Waals surface area contributed by atoms with Gasteiger partial charge in [-0.2, -0.15) is 11.8 Å². The van der Waals surface area contributed by atoms with Crippen molar-refractivity contribution in [1.82, 2.24) is 10.6 Å². The Balaban J connectivity index is 0.00000225. The van der Waals surface area contributed by atoms with Gasteiger partial charge in [-0.15, -0.1) is 24.0 Å². The van der Waals surface area contributed by atoms with Gasteiger partial charge in [-0.05, 0) is 50.3 Å². The number of ether oxygens (including phenoxy) is 1. The van der Waals surface area contributed by atoms with E-state index >= 15 is 0 Å². The first-order valence-corrected chi connectivity index (χ1v) is 9.96. The van der Waals surface area contributed by atoms with Gasteiger partial charge in [0.15, 0.2) is 5.96 Å². The molecule has 1 atom stereocenters. The SMILES string of the molecule is CN=C(NCc1ccccc1OCC1CC1)NCC1(C)CCCS1.I. The number of hydrogen-bond donors (Lipinski definition) is 2. The third kappa shape index (κ3) is 6.55. The number of guanidine groups is 1. The molecule has 1 aromatic rings. The Morgan fingerprint density at radius 2 is 2.12 bits per heavy atom. The smallest absolute Gasteiger partial charge is 0.191 e. The van der Waals surface area contributed by atoms with E-state index in [1.165, 1.54) is 37.0 Å². The van der Waals surface area contributed by atoms with Crippen LogP contribution in [0, 0.1) is 5.92 Å². The molecule has 0 spiro atoms. The Kier molecular flexibility index (Phi) is 8.19. The van der Waals surface area contributed by atoms with E-state index < -0.39 is 0 Å². The van der Waals surface area contributed by atoms with Gasteiger partial charge in [0.25, 0.3) is 0 Å². The molecule has 1 unspecified atom stereocenters.